The molecule has 1 unspecified atom stereocenters. The van der Waals surface area contributed by atoms with E-state index in [1.165, 1.54) is 40.7 Å². The number of aryl methyl sites for hydroxylation is 2. The van der Waals surface area contributed by atoms with Crippen LogP contribution in [0.1, 0.15) is 53.2 Å². The first-order valence-electron chi connectivity index (χ1n) is 11.3. The lowest BCUT2D eigenvalue weighted by Crippen LogP contribution is -2.43. The van der Waals surface area contributed by atoms with Gasteiger partial charge < -0.3 is 4.74 Å². The second-order valence-corrected chi connectivity index (χ2v) is 8.51. The molecule has 2 atom stereocenters. The van der Waals surface area contributed by atoms with Gasteiger partial charge in [0.2, 0.25) is 0 Å². The molecule has 0 radical (unpaired) electrons. The maximum absolute atomic E-state index is 6.89. The van der Waals surface area contributed by atoms with Crippen LogP contribution in [0.4, 0.5) is 0 Å². The van der Waals surface area contributed by atoms with Crippen LogP contribution in [-0.4, -0.2) is 24.2 Å². The molecule has 1 fully saturated rings. The Bertz CT molecular complexity index is 919. The number of likely N-dealkylation sites (tertiary alicyclic amines) is 1. The van der Waals surface area contributed by atoms with Crippen molar-refractivity contribution >= 4 is 0 Å². The quantitative estimate of drug-likeness (QED) is 0.452. The molecule has 0 saturated carbocycles. The van der Waals surface area contributed by atoms with Gasteiger partial charge in [0.25, 0.3) is 0 Å². The second kappa shape index (κ2) is 10.1. The van der Waals surface area contributed by atoms with Crippen molar-refractivity contribution in [1.29, 1.82) is 0 Å². The minimum absolute atomic E-state index is 0.0302. The van der Waals surface area contributed by atoms with Crippen molar-refractivity contribution in [3.8, 4) is 0 Å². The van der Waals surface area contributed by atoms with Gasteiger partial charge >= 0.3 is 0 Å². The van der Waals surface area contributed by atoms with E-state index in [-0.39, 0.29) is 12.3 Å². The summed E-state index contributed by atoms with van der Waals surface area (Å²) in [6, 6.07) is 28.3. The molecule has 0 aromatic heterocycles. The molecule has 1 heterocycles. The number of piperidine rings is 1. The van der Waals surface area contributed by atoms with E-state index in [4.69, 9.17) is 4.74 Å². The minimum atomic E-state index is -0.0302. The topological polar surface area (TPSA) is 12.5 Å². The van der Waals surface area contributed by atoms with Gasteiger partial charge in [-0.15, -0.1) is 0 Å². The third-order valence-corrected chi connectivity index (χ3v) is 6.23. The van der Waals surface area contributed by atoms with E-state index in [9.17, 15) is 0 Å². The lowest BCUT2D eigenvalue weighted by atomic mass is 9.97. The Morgan fingerprint density at radius 2 is 1.60 bits per heavy atom. The number of rotatable bonds is 7. The lowest BCUT2D eigenvalue weighted by Gasteiger charge is -2.38. The molecule has 3 aromatic rings. The Morgan fingerprint density at radius 3 is 2.37 bits per heavy atom. The molecule has 1 aliphatic heterocycles. The highest BCUT2D eigenvalue weighted by Gasteiger charge is 2.28. The van der Waals surface area contributed by atoms with E-state index in [1.807, 2.05) is 0 Å². The first-order chi connectivity index (χ1) is 14.7. The Kier molecular flexibility index (Phi) is 6.99. The summed E-state index contributed by atoms with van der Waals surface area (Å²) in [6.07, 6.45) is 4.80. The SMILES string of the molecule is Cc1ccc(CCN2CCCCC2O[C@@H](c2ccccc2)c2ccccc2C)cc1. The van der Waals surface area contributed by atoms with Gasteiger partial charge in [0.05, 0.1) is 0 Å². The summed E-state index contributed by atoms with van der Waals surface area (Å²) in [7, 11) is 0. The van der Waals surface area contributed by atoms with Crippen molar-refractivity contribution in [1.82, 2.24) is 4.90 Å². The van der Waals surface area contributed by atoms with E-state index in [1.54, 1.807) is 0 Å². The van der Waals surface area contributed by atoms with E-state index in [0.29, 0.717) is 0 Å². The van der Waals surface area contributed by atoms with Crippen LogP contribution in [0, 0.1) is 13.8 Å². The molecular weight excluding hydrogens is 366 g/mol. The molecule has 4 rings (SSSR count). The van der Waals surface area contributed by atoms with Gasteiger partial charge in [-0.1, -0.05) is 84.4 Å². The normalized spacial score (nSPS) is 18.3. The average Bonchev–Trinajstić information content (AvgIpc) is 2.79. The Balaban J connectivity index is 1.52. The van der Waals surface area contributed by atoms with Crippen molar-refractivity contribution in [2.45, 2.75) is 51.9 Å². The number of ether oxygens (including phenoxy) is 1. The number of benzene rings is 3. The Morgan fingerprint density at radius 1 is 0.867 bits per heavy atom. The average molecular weight is 400 g/mol. The summed E-state index contributed by atoms with van der Waals surface area (Å²) in [5, 5.41) is 0. The van der Waals surface area contributed by atoms with Crippen LogP contribution in [0.15, 0.2) is 78.9 Å². The van der Waals surface area contributed by atoms with Gasteiger partial charge in [0, 0.05) is 13.1 Å². The van der Waals surface area contributed by atoms with E-state index < -0.39 is 0 Å². The number of nitrogens with zero attached hydrogens (tertiary/aromatic N) is 1. The van der Waals surface area contributed by atoms with Crippen molar-refractivity contribution in [3.63, 3.8) is 0 Å². The fourth-order valence-electron chi connectivity index (χ4n) is 4.40. The van der Waals surface area contributed by atoms with Crippen molar-refractivity contribution in [3.05, 3.63) is 107 Å². The summed E-state index contributed by atoms with van der Waals surface area (Å²) in [6.45, 7) is 6.49. The van der Waals surface area contributed by atoms with Crippen LogP contribution in [0.25, 0.3) is 0 Å². The highest BCUT2D eigenvalue weighted by molar-refractivity contribution is 5.35. The summed E-state index contributed by atoms with van der Waals surface area (Å²) in [5.74, 6) is 0. The molecule has 2 nitrogen and oxygen atoms in total. The van der Waals surface area contributed by atoms with Crippen LogP contribution >= 0.6 is 0 Å². The van der Waals surface area contributed by atoms with Gasteiger partial charge in [-0.25, -0.2) is 0 Å². The third-order valence-electron chi connectivity index (χ3n) is 6.23. The second-order valence-electron chi connectivity index (χ2n) is 8.51. The molecule has 3 aromatic carbocycles. The van der Waals surface area contributed by atoms with E-state index >= 15 is 0 Å². The van der Waals surface area contributed by atoms with Crippen molar-refractivity contribution < 1.29 is 4.74 Å². The van der Waals surface area contributed by atoms with Crippen LogP contribution in [0.3, 0.4) is 0 Å². The molecule has 0 amide bonds. The van der Waals surface area contributed by atoms with Crippen molar-refractivity contribution in [2.75, 3.05) is 13.1 Å². The fraction of sp³-hybridized carbons (Fsp3) is 0.357. The maximum Gasteiger partial charge on any atom is 0.111 e. The molecular formula is C28H33NO. The Hall–Kier alpha value is -2.42. The summed E-state index contributed by atoms with van der Waals surface area (Å²) in [5.41, 5.74) is 6.52. The molecule has 156 valence electrons. The van der Waals surface area contributed by atoms with E-state index in [0.717, 1.165) is 25.9 Å². The minimum Gasteiger partial charge on any atom is -0.350 e. The molecule has 30 heavy (non-hydrogen) atoms. The molecule has 1 aliphatic rings. The standard InChI is InChI=1S/C28H33NO/c1-22-15-17-24(18-16-22)19-21-29-20-9-8-14-27(29)30-28(25-11-4-3-5-12-25)26-13-7-6-10-23(26)2/h3-7,10-13,15-18,27-28H,8-9,14,19-21H2,1-2H3/t27?,28-/m0/s1. The molecule has 0 spiro atoms. The number of hydrogen-bond acceptors (Lipinski definition) is 2. The Labute approximate surface area is 181 Å². The zero-order chi connectivity index (χ0) is 20.8. The highest BCUT2D eigenvalue weighted by atomic mass is 16.5. The zero-order valence-corrected chi connectivity index (χ0v) is 18.3. The van der Waals surface area contributed by atoms with E-state index in [2.05, 4.69) is 97.6 Å². The molecule has 1 saturated heterocycles. The lowest BCUT2D eigenvalue weighted by molar-refractivity contribution is -0.105. The van der Waals surface area contributed by atoms with Crippen LogP contribution in [0.2, 0.25) is 0 Å². The van der Waals surface area contributed by atoms with Gasteiger partial charge in [0.1, 0.15) is 12.3 Å². The first-order valence-corrected chi connectivity index (χ1v) is 11.3. The largest absolute Gasteiger partial charge is 0.350 e. The van der Waals surface area contributed by atoms with Crippen LogP contribution in [0.5, 0.6) is 0 Å². The predicted octanol–water partition coefficient (Wildman–Crippen LogP) is 6.46. The summed E-state index contributed by atoms with van der Waals surface area (Å²) < 4.78 is 6.89. The smallest absolute Gasteiger partial charge is 0.111 e. The molecule has 0 aliphatic carbocycles. The predicted molar refractivity (Wildman–Crippen MR) is 125 cm³/mol. The molecule has 2 heteroatoms. The van der Waals surface area contributed by atoms with Gasteiger partial charge in [0.15, 0.2) is 0 Å². The summed E-state index contributed by atoms with van der Waals surface area (Å²) in [4.78, 5) is 2.55. The van der Waals surface area contributed by atoms with Gasteiger partial charge in [-0.2, -0.15) is 0 Å². The maximum atomic E-state index is 6.89. The monoisotopic (exact) mass is 399 g/mol. The van der Waals surface area contributed by atoms with Crippen LogP contribution < -0.4 is 0 Å². The van der Waals surface area contributed by atoms with Crippen molar-refractivity contribution in [2.24, 2.45) is 0 Å². The van der Waals surface area contributed by atoms with Crippen LogP contribution in [-0.2, 0) is 11.2 Å². The first kappa shape index (κ1) is 20.8. The highest BCUT2D eigenvalue weighted by Crippen LogP contribution is 2.32. The molecule has 0 bridgehead atoms. The third kappa shape index (κ3) is 5.19. The zero-order valence-electron chi connectivity index (χ0n) is 18.3. The molecule has 0 N–H and O–H groups in total. The number of hydrogen-bond donors (Lipinski definition) is 0. The van der Waals surface area contributed by atoms with Gasteiger partial charge in [-0.05, 0) is 61.8 Å². The summed E-state index contributed by atoms with van der Waals surface area (Å²) >= 11 is 0. The van der Waals surface area contributed by atoms with Gasteiger partial charge in [-0.3, -0.25) is 4.90 Å². The fourth-order valence-corrected chi connectivity index (χ4v) is 4.40.